The summed E-state index contributed by atoms with van der Waals surface area (Å²) in [5.41, 5.74) is 1.54. The van der Waals surface area contributed by atoms with E-state index in [9.17, 15) is 9.59 Å². The molecule has 1 N–H and O–H groups in total. The first kappa shape index (κ1) is 19.7. The van der Waals surface area contributed by atoms with Gasteiger partial charge in [0.2, 0.25) is 0 Å². The molecule has 2 rings (SSSR count). The first-order valence-corrected chi connectivity index (χ1v) is 8.92. The lowest BCUT2D eigenvalue weighted by atomic mass is 9.92. The SMILES string of the molecule is CCCCC(=O)OCC(=O)Nc1cc(C(C)(C)C)nn1-c1ccccc1. The van der Waals surface area contributed by atoms with Gasteiger partial charge in [0.05, 0.1) is 11.4 Å². The fourth-order valence-electron chi connectivity index (χ4n) is 2.32. The summed E-state index contributed by atoms with van der Waals surface area (Å²) in [5.74, 6) is -0.183. The van der Waals surface area contributed by atoms with Gasteiger partial charge in [-0.05, 0) is 18.6 Å². The molecule has 0 saturated heterocycles. The Kier molecular flexibility index (Phi) is 6.55. The second-order valence-electron chi connectivity index (χ2n) is 7.22. The number of aromatic nitrogens is 2. The highest BCUT2D eigenvalue weighted by Gasteiger charge is 2.21. The Hall–Kier alpha value is -2.63. The molecule has 0 spiro atoms. The fourth-order valence-corrected chi connectivity index (χ4v) is 2.32. The van der Waals surface area contributed by atoms with Crippen molar-refractivity contribution in [1.29, 1.82) is 0 Å². The van der Waals surface area contributed by atoms with E-state index in [0.29, 0.717) is 12.2 Å². The van der Waals surface area contributed by atoms with E-state index in [1.54, 1.807) is 4.68 Å². The number of unbranched alkanes of at least 4 members (excludes halogenated alkanes) is 1. The Balaban J connectivity index is 2.13. The van der Waals surface area contributed by atoms with Gasteiger partial charge in [-0.2, -0.15) is 5.10 Å². The summed E-state index contributed by atoms with van der Waals surface area (Å²) in [6.45, 7) is 7.88. The van der Waals surface area contributed by atoms with Gasteiger partial charge in [-0.15, -0.1) is 0 Å². The van der Waals surface area contributed by atoms with Crippen LogP contribution in [0.1, 0.15) is 52.7 Å². The molecule has 1 aromatic heterocycles. The van der Waals surface area contributed by atoms with Gasteiger partial charge in [0.25, 0.3) is 5.91 Å². The topological polar surface area (TPSA) is 73.2 Å². The van der Waals surface area contributed by atoms with E-state index in [-0.39, 0.29) is 23.9 Å². The highest BCUT2D eigenvalue weighted by Crippen LogP contribution is 2.26. The number of hydrogen-bond acceptors (Lipinski definition) is 4. The molecule has 0 saturated carbocycles. The van der Waals surface area contributed by atoms with Crippen LogP contribution in [-0.4, -0.2) is 28.3 Å². The molecule has 0 atom stereocenters. The standard InChI is InChI=1S/C20H27N3O3/c1-5-6-12-19(25)26-14-18(24)21-17-13-16(20(2,3)4)22-23(17)15-10-8-7-9-11-15/h7-11,13H,5-6,12,14H2,1-4H3,(H,21,24). The molecule has 0 aliphatic heterocycles. The van der Waals surface area contributed by atoms with E-state index in [0.717, 1.165) is 24.2 Å². The number of carbonyl (C=O) groups is 2. The Morgan fingerprint density at radius 2 is 1.88 bits per heavy atom. The molecule has 1 aromatic carbocycles. The van der Waals surface area contributed by atoms with E-state index in [1.807, 2.05) is 43.3 Å². The van der Waals surface area contributed by atoms with Crippen LogP contribution >= 0.6 is 0 Å². The molecule has 0 bridgehead atoms. The minimum Gasteiger partial charge on any atom is -0.456 e. The quantitative estimate of drug-likeness (QED) is 0.764. The van der Waals surface area contributed by atoms with Crippen LogP contribution in [0.25, 0.3) is 5.69 Å². The van der Waals surface area contributed by atoms with Gasteiger partial charge in [-0.25, -0.2) is 4.68 Å². The molecule has 1 heterocycles. The summed E-state index contributed by atoms with van der Waals surface area (Å²) in [7, 11) is 0. The number of nitrogens with one attached hydrogen (secondary N) is 1. The van der Waals surface area contributed by atoms with E-state index in [1.165, 1.54) is 0 Å². The van der Waals surface area contributed by atoms with Crippen LogP contribution in [-0.2, 0) is 19.7 Å². The molecule has 0 aliphatic carbocycles. The number of hydrogen-bond donors (Lipinski definition) is 1. The van der Waals surface area contributed by atoms with E-state index < -0.39 is 0 Å². The molecular weight excluding hydrogens is 330 g/mol. The molecule has 26 heavy (non-hydrogen) atoms. The summed E-state index contributed by atoms with van der Waals surface area (Å²) in [6, 6.07) is 11.4. The van der Waals surface area contributed by atoms with Crippen LogP contribution in [0, 0.1) is 0 Å². The molecule has 6 nitrogen and oxygen atoms in total. The second-order valence-corrected chi connectivity index (χ2v) is 7.22. The summed E-state index contributed by atoms with van der Waals surface area (Å²) >= 11 is 0. The van der Waals surface area contributed by atoms with Crippen LogP contribution in [0.4, 0.5) is 5.82 Å². The van der Waals surface area contributed by atoms with Crippen LogP contribution in [0.5, 0.6) is 0 Å². The van der Waals surface area contributed by atoms with E-state index in [4.69, 9.17) is 4.74 Å². The average molecular weight is 357 g/mol. The molecule has 0 aliphatic rings. The molecule has 2 aromatic rings. The summed E-state index contributed by atoms with van der Waals surface area (Å²) in [6.07, 6.45) is 2.00. The first-order chi connectivity index (χ1) is 12.3. The van der Waals surface area contributed by atoms with Crippen LogP contribution in [0.2, 0.25) is 0 Å². The van der Waals surface area contributed by atoms with Gasteiger partial charge in [-0.1, -0.05) is 52.3 Å². The molecule has 0 unspecified atom stereocenters. The lowest BCUT2D eigenvalue weighted by Gasteiger charge is -2.14. The van der Waals surface area contributed by atoms with Crippen molar-refractivity contribution >= 4 is 17.7 Å². The maximum Gasteiger partial charge on any atom is 0.306 e. The molecular formula is C20H27N3O3. The van der Waals surface area contributed by atoms with Gasteiger partial charge in [0.15, 0.2) is 6.61 Å². The fraction of sp³-hybridized carbons (Fsp3) is 0.450. The number of anilines is 1. The number of benzene rings is 1. The highest BCUT2D eigenvalue weighted by atomic mass is 16.5. The molecule has 0 radical (unpaired) electrons. The maximum absolute atomic E-state index is 12.2. The van der Waals surface area contributed by atoms with Crippen molar-refractivity contribution in [2.24, 2.45) is 0 Å². The van der Waals surface area contributed by atoms with Crippen molar-refractivity contribution < 1.29 is 14.3 Å². The van der Waals surface area contributed by atoms with Crippen LogP contribution in [0.15, 0.2) is 36.4 Å². The Morgan fingerprint density at radius 3 is 2.50 bits per heavy atom. The average Bonchev–Trinajstić information content (AvgIpc) is 3.03. The third-order valence-corrected chi connectivity index (χ3v) is 3.84. The van der Waals surface area contributed by atoms with Crippen LogP contribution in [0.3, 0.4) is 0 Å². The van der Waals surface area contributed by atoms with Gasteiger partial charge in [0.1, 0.15) is 5.82 Å². The number of ether oxygens (including phenoxy) is 1. The minimum atomic E-state index is -0.382. The predicted octanol–water partition coefficient (Wildman–Crippen LogP) is 3.84. The van der Waals surface area contributed by atoms with E-state index in [2.05, 4.69) is 31.2 Å². The number of carbonyl (C=O) groups excluding carboxylic acids is 2. The normalized spacial score (nSPS) is 11.2. The smallest absolute Gasteiger partial charge is 0.306 e. The zero-order valence-electron chi connectivity index (χ0n) is 15.9. The van der Waals surface area contributed by atoms with Crippen molar-refractivity contribution in [1.82, 2.24) is 9.78 Å². The predicted molar refractivity (Wildman–Crippen MR) is 101 cm³/mol. The zero-order valence-corrected chi connectivity index (χ0v) is 15.9. The summed E-state index contributed by atoms with van der Waals surface area (Å²) < 4.78 is 6.71. The Bertz CT molecular complexity index is 745. The number of amides is 1. The molecule has 140 valence electrons. The van der Waals surface area contributed by atoms with Crippen molar-refractivity contribution in [3.63, 3.8) is 0 Å². The Morgan fingerprint density at radius 1 is 1.19 bits per heavy atom. The van der Waals surface area contributed by atoms with Gasteiger partial charge >= 0.3 is 5.97 Å². The number of esters is 1. The van der Waals surface area contributed by atoms with Gasteiger partial charge in [-0.3, -0.25) is 9.59 Å². The Labute approximate surface area is 154 Å². The van der Waals surface area contributed by atoms with Crippen LogP contribution < -0.4 is 5.32 Å². The lowest BCUT2D eigenvalue weighted by molar-refractivity contribution is -0.147. The van der Waals surface area contributed by atoms with Crippen molar-refractivity contribution in [3.8, 4) is 5.69 Å². The highest BCUT2D eigenvalue weighted by molar-refractivity contribution is 5.92. The van der Waals surface area contributed by atoms with Gasteiger partial charge in [0, 0.05) is 17.9 Å². The third-order valence-electron chi connectivity index (χ3n) is 3.84. The van der Waals surface area contributed by atoms with Crippen molar-refractivity contribution in [2.75, 3.05) is 11.9 Å². The largest absolute Gasteiger partial charge is 0.456 e. The van der Waals surface area contributed by atoms with E-state index >= 15 is 0 Å². The second kappa shape index (κ2) is 8.65. The monoisotopic (exact) mass is 357 g/mol. The summed E-state index contributed by atoms with van der Waals surface area (Å²) in [4.78, 5) is 23.8. The number of rotatable bonds is 7. The molecule has 0 fully saturated rings. The molecule has 6 heteroatoms. The number of para-hydroxylation sites is 1. The maximum atomic E-state index is 12.2. The van der Waals surface area contributed by atoms with Crippen molar-refractivity contribution in [2.45, 2.75) is 52.4 Å². The number of nitrogens with zero attached hydrogens (tertiary/aromatic N) is 2. The van der Waals surface area contributed by atoms with Gasteiger partial charge < -0.3 is 10.1 Å². The minimum absolute atomic E-state index is 0.161. The zero-order chi connectivity index (χ0) is 19.2. The molecule has 1 amide bonds. The van der Waals surface area contributed by atoms with Crippen molar-refractivity contribution in [3.05, 3.63) is 42.1 Å². The summed E-state index contributed by atoms with van der Waals surface area (Å²) in [5, 5.41) is 7.43. The first-order valence-electron chi connectivity index (χ1n) is 8.92. The third kappa shape index (κ3) is 5.44. The lowest BCUT2D eigenvalue weighted by Crippen LogP contribution is -2.22.